The molecule has 2 rings (SSSR count). The Bertz CT molecular complexity index is 721. The Balaban J connectivity index is 2.53. The van der Waals surface area contributed by atoms with Crippen LogP contribution >= 0.6 is 0 Å². The Hall–Kier alpha value is -2.10. The van der Waals surface area contributed by atoms with E-state index < -0.39 is 50.8 Å². The lowest BCUT2D eigenvalue weighted by Crippen LogP contribution is -2.61. The summed E-state index contributed by atoms with van der Waals surface area (Å²) in [5.74, 6) is -2.85. The Morgan fingerprint density at radius 2 is 2.14 bits per heavy atom. The number of aliphatic carboxylic acids is 1. The van der Waals surface area contributed by atoms with E-state index >= 15 is 0 Å². The zero-order valence-corrected chi connectivity index (χ0v) is 12.6. The van der Waals surface area contributed by atoms with Crippen LogP contribution in [-0.2, 0) is 19.4 Å². The molecular formula is C11H14N4O6S. The number of sulfone groups is 1. The number of β-lactam (4-membered cyclic amide) rings is 1. The number of amides is 1. The number of nitrogens with zero attached hydrogens (tertiary/aromatic N) is 4. The lowest BCUT2D eigenvalue weighted by molar-refractivity contribution is -0.161. The van der Waals surface area contributed by atoms with E-state index in [0.717, 1.165) is 11.2 Å². The third-order valence-electron chi connectivity index (χ3n) is 3.83. The number of carboxylic acid groups (broad SMARTS) is 1. The summed E-state index contributed by atoms with van der Waals surface area (Å²) >= 11 is 0. The van der Waals surface area contributed by atoms with Crippen molar-refractivity contribution in [2.75, 3.05) is 6.26 Å². The van der Waals surface area contributed by atoms with Gasteiger partial charge in [0.05, 0.1) is 18.1 Å². The maximum absolute atomic E-state index is 12.0. The molecule has 0 aromatic rings. The van der Waals surface area contributed by atoms with Crippen molar-refractivity contribution in [1.29, 1.82) is 0 Å². The van der Waals surface area contributed by atoms with Crippen LogP contribution in [0.5, 0.6) is 0 Å². The molecule has 0 aliphatic carbocycles. The number of carbonyl (C=O) groups is 2. The molecule has 2 aliphatic rings. The van der Waals surface area contributed by atoms with Gasteiger partial charge >= 0.3 is 5.97 Å². The first-order chi connectivity index (χ1) is 10.1. The smallest absolute Gasteiger partial charge is 0.352 e. The van der Waals surface area contributed by atoms with E-state index in [1.54, 1.807) is 0 Å². The van der Waals surface area contributed by atoms with Gasteiger partial charge in [0.2, 0.25) is 5.91 Å². The third-order valence-corrected chi connectivity index (χ3v) is 5.02. The van der Waals surface area contributed by atoms with Gasteiger partial charge in [-0.1, -0.05) is 5.11 Å². The Morgan fingerprint density at radius 3 is 2.55 bits per heavy atom. The lowest BCUT2D eigenvalue weighted by Gasteiger charge is -2.44. The first-order valence-corrected chi connectivity index (χ1v) is 8.27. The molecule has 0 aromatic heterocycles. The SMILES string of the molecule is CC(O)C1C(=O)N2C(C(=O)O)=C(C(N=[N+]=[N-])S(C)(=O)=O)CC12. The summed E-state index contributed by atoms with van der Waals surface area (Å²) in [6, 6.07) is -0.633. The standard InChI is InChI=1S/C11H14N4O6S/c1-4(16)7-6-3-5(9(13-14-12)22(2,20)21)8(11(18)19)15(6)10(7)17/h4,6-7,9,16H,3H2,1-2H3,(H,18,19). The normalized spacial score (nSPS) is 26.9. The predicted molar refractivity (Wildman–Crippen MR) is 72.9 cm³/mol. The summed E-state index contributed by atoms with van der Waals surface area (Å²) in [7, 11) is -3.89. The molecule has 1 saturated heterocycles. The Labute approximate surface area is 125 Å². The number of hydrogen-bond acceptors (Lipinski definition) is 6. The van der Waals surface area contributed by atoms with Crippen molar-refractivity contribution in [3.63, 3.8) is 0 Å². The molecule has 11 heteroatoms. The molecule has 0 bridgehead atoms. The van der Waals surface area contributed by atoms with E-state index in [1.165, 1.54) is 6.92 Å². The molecule has 22 heavy (non-hydrogen) atoms. The summed E-state index contributed by atoms with van der Waals surface area (Å²) in [5, 5.41) is 20.4. The number of rotatable bonds is 5. The highest BCUT2D eigenvalue weighted by molar-refractivity contribution is 7.91. The number of carbonyl (C=O) groups excluding carboxylic acids is 1. The fourth-order valence-electron chi connectivity index (χ4n) is 2.98. The van der Waals surface area contributed by atoms with Crippen molar-refractivity contribution >= 4 is 21.7 Å². The third kappa shape index (κ3) is 2.32. The average Bonchev–Trinajstić information content (AvgIpc) is 2.68. The highest BCUT2D eigenvalue weighted by Crippen LogP contribution is 2.45. The van der Waals surface area contributed by atoms with Crippen molar-refractivity contribution < 1.29 is 28.2 Å². The molecule has 1 fully saturated rings. The molecule has 4 unspecified atom stereocenters. The van der Waals surface area contributed by atoms with E-state index in [2.05, 4.69) is 10.0 Å². The van der Waals surface area contributed by atoms with Crippen molar-refractivity contribution in [2.24, 2.45) is 11.0 Å². The largest absolute Gasteiger partial charge is 0.477 e. The van der Waals surface area contributed by atoms with Crippen molar-refractivity contribution in [3.8, 4) is 0 Å². The fraction of sp³-hybridized carbons (Fsp3) is 0.636. The zero-order chi connectivity index (χ0) is 16.8. The van der Waals surface area contributed by atoms with Crippen LogP contribution in [0.1, 0.15) is 13.3 Å². The minimum atomic E-state index is -3.89. The molecule has 0 aromatic carbocycles. The Kier molecular flexibility index (Phi) is 3.90. The number of aliphatic hydroxyl groups excluding tert-OH is 1. The van der Waals surface area contributed by atoms with E-state index in [4.69, 9.17) is 5.53 Å². The summed E-state index contributed by atoms with van der Waals surface area (Å²) in [4.78, 5) is 26.8. The van der Waals surface area contributed by atoms with Crippen LogP contribution in [0, 0.1) is 5.92 Å². The highest BCUT2D eigenvalue weighted by Gasteiger charge is 2.58. The topological polar surface area (TPSA) is 161 Å². The Morgan fingerprint density at radius 1 is 1.55 bits per heavy atom. The fourth-order valence-corrected chi connectivity index (χ4v) is 3.92. The van der Waals surface area contributed by atoms with E-state index in [0.29, 0.717) is 0 Å². The number of fused-ring (bicyclic) bond motifs is 1. The van der Waals surface area contributed by atoms with Crippen LogP contribution < -0.4 is 0 Å². The van der Waals surface area contributed by atoms with Crippen LogP contribution in [0.4, 0.5) is 0 Å². The predicted octanol–water partition coefficient (Wildman–Crippen LogP) is -0.382. The monoisotopic (exact) mass is 330 g/mol. The van der Waals surface area contributed by atoms with Gasteiger partial charge in [0.25, 0.3) is 0 Å². The van der Waals surface area contributed by atoms with Crippen LogP contribution in [0.25, 0.3) is 10.4 Å². The summed E-state index contributed by atoms with van der Waals surface area (Å²) < 4.78 is 23.5. The second-order valence-corrected chi connectivity index (χ2v) is 7.42. The molecule has 2 aliphatic heterocycles. The summed E-state index contributed by atoms with van der Waals surface area (Å²) in [6.07, 6.45) is -0.235. The molecule has 120 valence electrons. The van der Waals surface area contributed by atoms with Gasteiger partial charge in [0.1, 0.15) is 5.70 Å². The van der Waals surface area contributed by atoms with Crippen LogP contribution in [0.2, 0.25) is 0 Å². The van der Waals surface area contributed by atoms with E-state index in [-0.39, 0.29) is 12.0 Å². The second kappa shape index (κ2) is 5.27. The molecule has 2 N–H and O–H groups in total. The van der Waals surface area contributed by atoms with Gasteiger partial charge in [-0.05, 0) is 24.4 Å². The van der Waals surface area contributed by atoms with Crippen molar-refractivity contribution in [1.82, 2.24) is 4.90 Å². The average molecular weight is 330 g/mol. The first-order valence-electron chi connectivity index (χ1n) is 6.31. The number of carboxylic acids is 1. The molecule has 0 radical (unpaired) electrons. The second-order valence-electron chi connectivity index (χ2n) is 5.31. The summed E-state index contributed by atoms with van der Waals surface area (Å²) in [5.41, 5.74) is 7.92. The van der Waals surface area contributed by atoms with Crippen LogP contribution in [0.3, 0.4) is 0 Å². The van der Waals surface area contributed by atoms with Gasteiger partial charge in [-0.15, -0.1) is 0 Å². The van der Waals surface area contributed by atoms with Gasteiger partial charge in [0, 0.05) is 11.2 Å². The van der Waals surface area contributed by atoms with Gasteiger partial charge < -0.3 is 15.1 Å². The lowest BCUT2D eigenvalue weighted by atomic mass is 9.83. The number of azide groups is 1. The van der Waals surface area contributed by atoms with Gasteiger partial charge in [0.15, 0.2) is 15.2 Å². The molecule has 4 atom stereocenters. The molecule has 1 amide bonds. The van der Waals surface area contributed by atoms with Crippen molar-refractivity contribution in [2.45, 2.75) is 30.9 Å². The molecule has 2 heterocycles. The molecular weight excluding hydrogens is 316 g/mol. The number of hydrogen-bond donors (Lipinski definition) is 2. The molecule has 0 saturated carbocycles. The quantitative estimate of drug-likeness (QED) is 0.302. The van der Waals surface area contributed by atoms with Crippen molar-refractivity contribution in [3.05, 3.63) is 21.7 Å². The maximum Gasteiger partial charge on any atom is 0.352 e. The zero-order valence-electron chi connectivity index (χ0n) is 11.7. The van der Waals surface area contributed by atoms with Gasteiger partial charge in [-0.3, -0.25) is 4.79 Å². The van der Waals surface area contributed by atoms with Gasteiger partial charge in [-0.25, -0.2) is 13.2 Å². The maximum atomic E-state index is 12.0. The van der Waals surface area contributed by atoms with Crippen LogP contribution in [-0.4, -0.2) is 59.2 Å². The summed E-state index contributed by atoms with van der Waals surface area (Å²) in [6.45, 7) is 1.40. The van der Waals surface area contributed by atoms with Crippen LogP contribution in [0.15, 0.2) is 16.4 Å². The van der Waals surface area contributed by atoms with Gasteiger partial charge in [-0.2, -0.15) is 0 Å². The first kappa shape index (κ1) is 16.3. The highest BCUT2D eigenvalue weighted by atomic mass is 32.2. The minimum absolute atomic E-state index is 0.0697. The minimum Gasteiger partial charge on any atom is -0.477 e. The van der Waals surface area contributed by atoms with E-state index in [1.807, 2.05) is 0 Å². The van der Waals surface area contributed by atoms with E-state index in [9.17, 15) is 28.2 Å². The molecule has 10 nitrogen and oxygen atoms in total. The molecule has 0 spiro atoms. The number of aliphatic hydroxyl groups is 1.